The predicted molar refractivity (Wildman–Crippen MR) is 107 cm³/mol. The smallest absolute Gasteiger partial charge is 0.222 e. The predicted octanol–water partition coefficient (Wildman–Crippen LogP) is 3.10. The highest BCUT2D eigenvalue weighted by Gasteiger charge is 2.12. The summed E-state index contributed by atoms with van der Waals surface area (Å²) in [7, 11) is 1.64. The summed E-state index contributed by atoms with van der Waals surface area (Å²) in [6, 6.07) is 15.7. The molecule has 0 aromatic heterocycles. The van der Waals surface area contributed by atoms with Crippen LogP contribution < -0.4 is 10.1 Å². The third kappa shape index (κ3) is 6.44. The van der Waals surface area contributed by atoms with Crippen LogP contribution in [0.2, 0.25) is 0 Å². The zero-order chi connectivity index (χ0) is 19.6. The lowest BCUT2D eigenvalue weighted by Gasteiger charge is -2.21. The molecule has 0 unspecified atom stereocenters. The van der Waals surface area contributed by atoms with Crippen molar-refractivity contribution in [1.82, 2.24) is 10.2 Å². The van der Waals surface area contributed by atoms with Gasteiger partial charge in [0.2, 0.25) is 11.8 Å². The molecule has 2 aromatic rings. The Morgan fingerprint density at radius 2 is 1.67 bits per heavy atom. The van der Waals surface area contributed by atoms with E-state index in [1.54, 1.807) is 12.0 Å². The number of carbonyl (C=O) groups is 2. The second-order valence-electron chi connectivity index (χ2n) is 6.52. The summed E-state index contributed by atoms with van der Waals surface area (Å²) in [5, 5.41) is 2.93. The first kappa shape index (κ1) is 20.5. The van der Waals surface area contributed by atoms with Gasteiger partial charge in [0.15, 0.2) is 0 Å². The molecule has 2 amide bonds. The Kier molecular flexibility index (Phi) is 7.86. The Labute approximate surface area is 161 Å². The van der Waals surface area contributed by atoms with Crippen LogP contribution >= 0.6 is 0 Å². The summed E-state index contributed by atoms with van der Waals surface area (Å²) in [6.45, 7) is 5.03. The van der Waals surface area contributed by atoms with E-state index in [1.165, 1.54) is 6.92 Å². The highest BCUT2D eigenvalue weighted by molar-refractivity contribution is 5.78. The fourth-order valence-corrected chi connectivity index (χ4v) is 2.92. The van der Waals surface area contributed by atoms with Crippen LogP contribution in [0, 0.1) is 6.92 Å². The molecule has 0 aliphatic rings. The van der Waals surface area contributed by atoms with E-state index in [2.05, 4.69) is 5.32 Å². The quantitative estimate of drug-likeness (QED) is 0.740. The lowest BCUT2D eigenvalue weighted by atomic mass is 10.1. The van der Waals surface area contributed by atoms with Crippen molar-refractivity contribution in [2.45, 2.75) is 33.2 Å². The van der Waals surface area contributed by atoms with Crippen molar-refractivity contribution < 1.29 is 14.3 Å². The van der Waals surface area contributed by atoms with E-state index in [9.17, 15) is 9.59 Å². The molecule has 2 rings (SSSR count). The van der Waals surface area contributed by atoms with Crippen LogP contribution in [0.1, 0.15) is 30.0 Å². The van der Waals surface area contributed by atoms with Crippen LogP contribution in [0.5, 0.6) is 5.75 Å². The normalized spacial score (nSPS) is 10.3. The number of carbonyl (C=O) groups excluding carboxylic acids is 2. The second-order valence-corrected chi connectivity index (χ2v) is 6.52. The molecular formula is C22H28N2O3. The highest BCUT2D eigenvalue weighted by atomic mass is 16.5. The van der Waals surface area contributed by atoms with Crippen LogP contribution in [0.4, 0.5) is 0 Å². The second kappa shape index (κ2) is 10.4. The Morgan fingerprint density at radius 3 is 2.33 bits per heavy atom. The van der Waals surface area contributed by atoms with Gasteiger partial charge in [-0.15, -0.1) is 0 Å². The van der Waals surface area contributed by atoms with Gasteiger partial charge in [0.25, 0.3) is 0 Å². The summed E-state index contributed by atoms with van der Waals surface area (Å²) in [6.07, 6.45) is 0.978. The molecule has 5 nitrogen and oxygen atoms in total. The van der Waals surface area contributed by atoms with E-state index in [0.29, 0.717) is 26.1 Å². The minimum atomic E-state index is -0.0539. The summed E-state index contributed by atoms with van der Waals surface area (Å²) in [4.78, 5) is 25.8. The molecule has 0 fully saturated rings. The number of ether oxygens (including phenoxy) is 1. The molecular weight excluding hydrogens is 340 g/mol. The highest BCUT2D eigenvalue weighted by Crippen LogP contribution is 2.18. The number of hydrogen-bond acceptors (Lipinski definition) is 3. The average Bonchev–Trinajstić information content (AvgIpc) is 2.67. The number of nitrogens with zero attached hydrogens (tertiary/aromatic N) is 1. The molecule has 27 heavy (non-hydrogen) atoms. The number of nitrogens with one attached hydrogen (secondary N) is 1. The van der Waals surface area contributed by atoms with Crippen LogP contribution in [-0.4, -0.2) is 36.9 Å². The van der Waals surface area contributed by atoms with Crippen LogP contribution in [0.3, 0.4) is 0 Å². The molecule has 0 heterocycles. The first-order valence-electron chi connectivity index (χ1n) is 9.20. The molecule has 0 radical (unpaired) electrons. The van der Waals surface area contributed by atoms with E-state index < -0.39 is 0 Å². The van der Waals surface area contributed by atoms with Gasteiger partial charge in [-0.25, -0.2) is 0 Å². The lowest BCUT2D eigenvalue weighted by molar-refractivity contribution is -0.129. The number of amides is 2. The molecule has 0 saturated heterocycles. The van der Waals surface area contributed by atoms with Crippen molar-refractivity contribution in [3.63, 3.8) is 0 Å². The zero-order valence-corrected chi connectivity index (χ0v) is 16.3. The average molecular weight is 368 g/mol. The molecule has 0 aliphatic carbocycles. The van der Waals surface area contributed by atoms with Crippen LogP contribution in [0.25, 0.3) is 0 Å². The number of hydrogen-bond donors (Lipinski definition) is 1. The maximum atomic E-state index is 12.2. The molecule has 0 saturated carbocycles. The third-order valence-electron chi connectivity index (χ3n) is 4.63. The fraction of sp³-hybridized carbons (Fsp3) is 0.364. The monoisotopic (exact) mass is 368 g/mol. The number of methoxy groups -OCH3 is 1. The summed E-state index contributed by atoms with van der Waals surface area (Å²) in [5.74, 6) is 0.732. The SMILES string of the molecule is COc1ccccc1CCN(CCC(=O)NCc1ccccc1C)C(C)=O. The molecule has 0 spiro atoms. The lowest BCUT2D eigenvalue weighted by Crippen LogP contribution is -2.35. The van der Waals surface area contributed by atoms with Gasteiger partial charge in [0.05, 0.1) is 7.11 Å². The van der Waals surface area contributed by atoms with Crippen LogP contribution in [0.15, 0.2) is 48.5 Å². The van der Waals surface area contributed by atoms with Crippen molar-refractivity contribution in [2.24, 2.45) is 0 Å². The van der Waals surface area contributed by atoms with Gasteiger partial charge in [0, 0.05) is 33.0 Å². The van der Waals surface area contributed by atoms with Gasteiger partial charge in [0.1, 0.15) is 5.75 Å². The Hall–Kier alpha value is -2.82. The number of benzene rings is 2. The first-order chi connectivity index (χ1) is 13.0. The van der Waals surface area contributed by atoms with E-state index in [0.717, 1.165) is 22.4 Å². The summed E-state index contributed by atoms with van der Waals surface area (Å²) in [5.41, 5.74) is 3.31. The standard InChI is InChI=1S/C22H28N2O3/c1-17-8-4-5-10-20(17)16-23-22(26)13-15-24(18(2)25)14-12-19-9-6-7-11-21(19)27-3/h4-11H,12-16H2,1-3H3,(H,23,26). The minimum Gasteiger partial charge on any atom is -0.496 e. The fourth-order valence-electron chi connectivity index (χ4n) is 2.92. The van der Waals surface area contributed by atoms with Gasteiger partial charge in [-0.2, -0.15) is 0 Å². The Morgan fingerprint density at radius 1 is 1.00 bits per heavy atom. The van der Waals surface area contributed by atoms with Gasteiger partial charge >= 0.3 is 0 Å². The largest absolute Gasteiger partial charge is 0.496 e. The van der Waals surface area contributed by atoms with Crippen molar-refractivity contribution in [3.05, 3.63) is 65.2 Å². The number of para-hydroxylation sites is 1. The van der Waals surface area contributed by atoms with Crippen molar-refractivity contribution in [3.8, 4) is 5.75 Å². The maximum absolute atomic E-state index is 12.2. The summed E-state index contributed by atoms with van der Waals surface area (Å²) >= 11 is 0. The zero-order valence-electron chi connectivity index (χ0n) is 16.3. The van der Waals surface area contributed by atoms with Crippen LogP contribution in [-0.2, 0) is 22.6 Å². The molecule has 0 bridgehead atoms. The molecule has 0 aliphatic heterocycles. The van der Waals surface area contributed by atoms with Crippen molar-refractivity contribution in [1.29, 1.82) is 0 Å². The Bertz CT molecular complexity index is 774. The van der Waals surface area contributed by atoms with Gasteiger partial charge in [-0.1, -0.05) is 42.5 Å². The molecule has 1 N–H and O–H groups in total. The first-order valence-corrected chi connectivity index (χ1v) is 9.20. The van der Waals surface area contributed by atoms with Crippen molar-refractivity contribution >= 4 is 11.8 Å². The Balaban J connectivity index is 1.82. The number of rotatable bonds is 9. The maximum Gasteiger partial charge on any atom is 0.222 e. The van der Waals surface area contributed by atoms with Crippen molar-refractivity contribution in [2.75, 3.05) is 20.2 Å². The van der Waals surface area contributed by atoms with Gasteiger partial charge in [-0.05, 0) is 36.1 Å². The van der Waals surface area contributed by atoms with E-state index >= 15 is 0 Å². The van der Waals surface area contributed by atoms with E-state index in [4.69, 9.17) is 4.74 Å². The molecule has 144 valence electrons. The third-order valence-corrected chi connectivity index (χ3v) is 4.63. The van der Waals surface area contributed by atoms with E-state index in [1.807, 2.05) is 55.5 Å². The van der Waals surface area contributed by atoms with Gasteiger partial charge < -0.3 is 15.0 Å². The molecule has 2 aromatic carbocycles. The van der Waals surface area contributed by atoms with Gasteiger partial charge in [-0.3, -0.25) is 9.59 Å². The molecule has 5 heteroatoms. The number of aryl methyl sites for hydroxylation is 1. The van der Waals surface area contributed by atoms with E-state index in [-0.39, 0.29) is 18.2 Å². The summed E-state index contributed by atoms with van der Waals surface area (Å²) < 4.78 is 5.35. The topological polar surface area (TPSA) is 58.6 Å². The molecule has 0 atom stereocenters. The minimum absolute atomic E-state index is 0.0309.